The van der Waals surface area contributed by atoms with Gasteiger partial charge in [0.2, 0.25) is 6.33 Å². The van der Waals surface area contributed by atoms with Gasteiger partial charge >= 0.3 is 5.82 Å². The maximum Gasteiger partial charge on any atom is 0.308 e. The lowest BCUT2D eigenvalue weighted by Gasteiger charge is -1.98. The molecule has 0 fully saturated rings. The van der Waals surface area contributed by atoms with Crippen LogP contribution in [-0.2, 0) is 24.8 Å². The number of nitrogens with zero attached hydrogens (tertiary/aromatic N) is 3. The number of hydrogen-bond acceptors (Lipinski definition) is 2. The third kappa shape index (κ3) is 3.92. The van der Waals surface area contributed by atoms with E-state index < -0.39 is 0 Å². The number of rotatable bonds is 6. The first-order valence-electron chi connectivity index (χ1n) is 7.76. The number of Topliss-reactive ketones (excluding diaryl/α,β-unsaturated/α-hetero) is 1. The lowest BCUT2D eigenvalue weighted by atomic mass is 10.1. The number of ketones is 1. The molecule has 3 rings (SSSR count). The van der Waals surface area contributed by atoms with Gasteiger partial charge in [0, 0.05) is 11.5 Å². The number of hydrogen-bond donors (Lipinski definition) is 0. The average molecular weight is 306 g/mol. The van der Waals surface area contributed by atoms with Crippen molar-refractivity contribution in [1.82, 2.24) is 9.78 Å². The summed E-state index contributed by atoms with van der Waals surface area (Å²) in [5, 5.41) is 4.53. The number of aromatic nitrogens is 3. The standard InChI is InChI=1S/C19H20N3O/c1-21-15-22(20-19(21)17-10-6-3-7-11-17)14-18(23)13-12-16-8-4-2-5-9-16/h2-11,15H,12-14H2,1H3/q+1. The lowest BCUT2D eigenvalue weighted by molar-refractivity contribution is -0.661. The summed E-state index contributed by atoms with van der Waals surface area (Å²) in [6.45, 7) is 0.313. The van der Waals surface area contributed by atoms with Crippen LogP contribution in [0, 0.1) is 0 Å². The second-order valence-corrected chi connectivity index (χ2v) is 5.64. The lowest BCUT2D eigenvalue weighted by Crippen LogP contribution is -2.28. The van der Waals surface area contributed by atoms with Crippen LogP contribution in [-0.4, -0.2) is 15.6 Å². The van der Waals surface area contributed by atoms with Gasteiger partial charge in [-0.3, -0.25) is 4.79 Å². The molecule has 4 nitrogen and oxygen atoms in total. The zero-order valence-electron chi connectivity index (χ0n) is 13.2. The molecule has 0 aliphatic carbocycles. The van der Waals surface area contributed by atoms with E-state index in [0.717, 1.165) is 17.8 Å². The molecule has 4 heteroatoms. The fraction of sp³-hybridized carbons (Fsp3) is 0.211. The van der Waals surface area contributed by atoms with Gasteiger partial charge in [0.05, 0.1) is 12.6 Å². The third-order valence-corrected chi connectivity index (χ3v) is 3.77. The van der Waals surface area contributed by atoms with Crippen molar-refractivity contribution in [1.29, 1.82) is 0 Å². The van der Waals surface area contributed by atoms with E-state index in [2.05, 4.69) is 17.2 Å². The molecule has 0 radical (unpaired) electrons. The molecular weight excluding hydrogens is 286 g/mol. The Morgan fingerprint density at radius 3 is 2.39 bits per heavy atom. The monoisotopic (exact) mass is 306 g/mol. The predicted octanol–water partition coefficient (Wildman–Crippen LogP) is 2.58. The molecule has 1 heterocycles. The number of carbonyl (C=O) groups excluding carboxylic acids is 1. The minimum atomic E-state index is 0.191. The molecule has 0 bridgehead atoms. The predicted molar refractivity (Wildman–Crippen MR) is 88.6 cm³/mol. The van der Waals surface area contributed by atoms with E-state index in [4.69, 9.17) is 0 Å². The Hall–Kier alpha value is -2.75. The smallest absolute Gasteiger partial charge is 0.296 e. The van der Waals surface area contributed by atoms with E-state index in [-0.39, 0.29) is 5.78 Å². The van der Waals surface area contributed by atoms with Crippen molar-refractivity contribution in [3.8, 4) is 11.4 Å². The molecule has 0 aliphatic heterocycles. The maximum absolute atomic E-state index is 12.2. The van der Waals surface area contributed by atoms with Crippen molar-refractivity contribution in [3.63, 3.8) is 0 Å². The number of carbonyl (C=O) groups is 1. The Labute approximate surface area is 136 Å². The Bertz CT molecular complexity index is 779. The largest absolute Gasteiger partial charge is 0.308 e. The number of aryl methyl sites for hydroxylation is 2. The molecule has 0 saturated heterocycles. The van der Waals surface area contributed by atoms with E-state index in [9.17, 15) is 4.79 Å². The summed E-state index contributed by atoms with van der Waals surface area (Å²) < 4.78 is 3.66. The van der Waals surface area contributed by atoms with Gasteiger partial charge in [-0.05, 0) is 24.1 Å². The van der Waals surface area contributed by atoms with Crippen LogP contribution >= 0.6 is 0 Å². The van der Waals surface area contributed by atoms with E-state index >= 15 is 0 Å². The van der Waals surface area contributed by atoms with Gasteiger partial charge in [0.15, 0.2) is 12.3 Å². The fourth-order valence-electron chi connectivity index (χ4n) is 2.59. The first kappa shape index (κ1) is 15.2. The van der Waals surface area contributed by atoms with Gasteiger partial charge in [-0.25, -0.2) is 4.57 Å². The second-order valence-electron chi connectivity index (χ2n) is 5.64. The fourth-order valence-corrected chi connectivity index (χ4v) is 2.59. The topological polar surface area (TPSA) is 38.8 Å². The first-order chi connectivity index (χ1) is 11.2. The van der Waals surface area contributed by atoms with Gasteiger partial charge < -0.3 is 0 Å². The Morgan fingerprint density at radius 2 is 1.70 bits per heavy atom. The Balaban J connectivity index is 1.63. The Kier molecular flexibility index (Phi) is 4.62. The van der Waals surface area contributed by atoms with Crippen molar-refractivity contribution in [2.24, 2.45) is 7.05 Å². The van der Waals surface area contributed by atoms with Gasteiger partial charge in [0.25, 0.3) is 0 Å². The van der Waals surface area contributed by atoms with Gasteiger partial charge in [0.1, 0.15) is 0 Å². The average Bonchev–Trinajstić information content (AvgIpc) is 2.95. The summed E-state index contributed by atoms with van der Waals surface area (Å²) in [4.78, 5) is 12.2. The summed E-state index contributed by atoms with van der Waals surface area (Å²) >= 11 is 0. The van der Waals surface area contributed by atoms with Crippen molar-refractivity contribution >= 4 is 5.78 Å². The van der Waals surface area contributed by atoms with Crippen molar-refractivity contribution in [3.05, 3.63) is 72.6 Å². The van der Waals surface area contributed by atoms with E-state index in [0.29, 0.717) is 13.0 Å². The van der Waals surface area contributed by atoms with Crippen molar-refractivity contribution < 1.29 is 9.36 Å². The molecule has 0 spiro atoms. The number of benzene rings is 2. The Morgan fingerprint density at radius 1 is 1.04 bits per heavy atom. The van der Waals surface area contributed by atoms with E-state index in [1.54, 1.807) is 4.68 Å². The molecule has 3 aromatic rings. The summed E-state index contributed by atoms with van der Waals surface area (Å²) in [6, 6.07) is 20.1. The molecule has 0 saturated carbocycles. The zero-order chi connectivity index (χ0) is 16.1. The van der Waals surface area contributed by atoms with Gasteiger partial charge in [-0.15, -0.1) is 4.68 Å². The molecule has 116 valence electrons. The highest BCUT2D eigenvalue weighted by atomic mass is 16.1. The molecule has 0 aliphatic rings. The third-order valence-electron chi connectivity index (χ3n) is 3.77. The van der Waals surface area contributed by atoms with Crippen LogP contribution in [0.1, 0.15) is 12.0 Å². The van der Waals surface area contributed by atoms with Crippen LogP contribution in [0.25, 0.3) is 11.4 Å². The molecule has 0 atom stereocenters. The maximum atomic E-state index is 12.2. The van der Waals surface area contributed by atoms with E-state index in [1.807, 2.05) is 66.5 Å². The van der Waals surface area contributed by atoms with Gasteiger partial charge in [-0.1, -0.05) is 48.5 Å². The summed E-state index contributed by atoms with van der Waals surface area (Å²) in [6.07, 6.45) is 3.18. The molecule has 0 N–H and O–H groups in total. The highest BCUT2D eigenvalue weighted by molar-refractivity contribution is 5.78. The van der Waals surface area contributed by atoms with Crippen LogP contribution in [0.2, 0.25) is 0 Å². The van der Waals surface area contributed by atoms with Crippen LogP contribution in [0.4, 0.5) is 0 Å². The van der Waals surface area contributed by atoms with Crippen molar-refractivity contribution in [2.45, 2.75) is 19.4 Å². The van der Waals surface area contributed by atoms with Gasteiger partial charge in [-0.2, -0.15) is 0 Å². The highest BCUT2D eigenvalue weighted by Gasteiger charge is 2.17. The van der Waals surface area contributed by atoms with Crippen molar-refractivity contribution in [2.75, 3.05) is 0 Å². The normalized spacial score (nSPS) is 10.7. The molecule has 2 aromatic carbocycles. The van der Waals surface area contributed by atoms with Crippen LogP contribution in [0.5, 0.6) is 0 Å². The van der Waals surface area contributed by atoms with Crippen LogP contribution in [0.3, 0.4) is 0 Å². The molecule has 1 aromatic heterocycles. The minimum Gasteiger partial charge on any atom is -0.296 e. The quantitative estimate of drug-likeness (QED) is 0.657. The first-order valence-corrected chi connectivity index (χ1v) is 7.76. The zero-order valence-corrected chi connectivity index (χ0v) is 13.2. The summed E-state index contributed by atoms with van der Waals surface area (Å²) in [7, 11) is 1.94. The molecular formula is C19H20N3O+. The van der Waals surface area contributed by atoms with Crippen LogP contribution < -0.4 is 4.57 Å². The minimum absolute atomic E-state index is 0.191. The van der Waals surface area contributed by atoms with E-state index in [1.165, 1.54) is 5.56 Å². The highest BCUT2D eigenvalue weighted by Crippen LogP contribution is 2.11. The SMILES string of the molecule is C[n+]1cn(CC(=O)CCc2ccccc2)nc1-c1ccccc1. The summed E-state index contributed by atoms with van der Waals surface area (Å²) in [5.74, 6) is 1.05. The second kappa shape index (κ2) is 7.01. The van der Waals surface area contributed by atoms with Crippen LogP contribution in [0.15, 0.2) is 67.0 Å². The molecule has 0 unspecified atom stereocenters. The molecule has 23 heavy (non-hydrogen) atoms. The summed E-state index contributed by atoms with van der Waals surface area (Å²) in [5.41, 5.74) is 2.24. The molecule has 0 amide bonds.